The van der Waals surface area contributed by atoms with E-state index in [-0.39, 0.29) is 24.1 Å². The van der Waals surface area contributed by atoms with Gasteiger partial charge in [-0.15, -0.1) is 0 Å². The normalized spacial score (nSPS) is 16.3. The lowest BCUT2D eigenvalue weighted by molar-refractivity contribution is -0.144. The molecule has 0 saturated carbocycles. The van der Waals surface area contributed by atoms with Gasteiger partial charge in [0.25, 0.3) is 0 Å². The first kappa shape index (κ1) is 30.4. The number of aliphatic carboxylic acids is 1. The Balaban J connectivity index is 5.09. The van der Waals surface area contributed by atoms with Gasteiger partial charge in [-0.25, -0.2) is 4.79 Å². The Kier molecular flexibility index (Phi) is 14.1. The molecule has 0 aromatic heterocycles. The Hall–Kier alpha value is -2.58. The van der Waals surface area contributed by atoms with E-state index in [4.69, 9.17) is 17.2 Å². The Labute approximate surface area is 198 Å². The second kappa shape index (κ2) is 15.3. The molecule has 0 bridgehead atoms. The van der Waals surface area contributed by atoms with Crippen LogP contribution in [0.3, 0.4) is 0 Å². The van der Waals surface area contributed by atoms with Crippen LogP contribution in [-0.2, 0) is 19.2 Å². The van der Waals surface area contributed by atoms with Crippen LogP contribution >= 0.6 is 12.6 Å². The lowest BCUT2D eigenvalue weighted by atomic mass is 9.98. The van der Waals surface area contributed by atoms with E-state index in [9.17, 15) is 29.4 Å². The number of hydrogen-bond donors (Lipinski definition) is 9. The number of guanidine groups is 1. The molecular weight excluding hydrogens is 454 g/mol. The average Bonchev–Trinajstić information content (AvgIpc) is 2.74. The van der Waals surface area contributed by atoms with Gasteiger partial charge in [0.15, 0.2) is 5.96 Å². The zero-order chi connectivity index (χ0) is 25.7. The maximum absolute atomic E-state index is 12.6. The number of hydrogen-bond acceptors (Lipinski definition) is 8. The first-order valence-corrected chi connectivity index (χ1v) is 11.2. The van der Waals surface area contributed by atoms with Gasteiger partial charge in [-0.1, -0.05) is 20.3 Å². The molecule has 0 radical (unpaired) electrons. The molecule has 0 aliphatic heterocycles. The van der Waals surface area contributed by atoms with Gasteiger partial charge in [0, 0.05) is 12.3 Å². The Morgan fingerprint density at radius 2 is 1.58 bits per heavy atom. The Morgan fingerprint density at radius 1 is 1.00 bits per heavy atom. The topological polar surface area (TPSA) is 235 Å². The van der Waals surface area contributed by atoms with E-state index >= 15 is 0 Å². The Morgan fingerprint density at radius 3 is 2.03 bits per heavy atom. The summed E-state index contributed by atoms with van der Waals surface area (Å²) in [6, 6.07) is -4.73. The van der Waals surface area contributed by atoms with Crippen molar-refractivity contribution in [2.45, 2.75) is 70.3 Å². The van der Waals surface area contributed by atoms with E-state index in [1.54, 1.807) is 13.8 Å². The molecule has 14 heteroatoms. The molecule has 0 spiro atoms. The van der Waals surface area contributed by atoms with E-state index in [2.05, 4.69) is 33.6 Å². The summed E-state index contributed by atoms with van der Waals surface area (Å²) in [5.74, 6) is -4.08. The van der Waals surface area contributed by atoms with Crippen LogP contribution in [0.15, 0.2) is 4.99 Å². The number of nitrogens with zero attached hydrogens (tertiary/aromatic N) is 1. The van der Waals surface area contributed by atoms with E-state index in [0.717, 1.165) is 0 Å². The number of aliphatic imine (C=N–C) groups is 1. The molecule has 0 aromatic rings. The maximum atomic E-state index is 12.6. The standard InChI is InChI=1S/C19H37N7O6S/c1-4-9(2)13(18(31)32)25-17(30)14(10(3)27)26-16(29)12(8-33)24-15(28)11(20)6-5-7-23-19(21)22/h9-14,27,33H,4-8,20H2,1-3H3,(H,24,28)(H,25,30)(H,26,29)(H,31,32)(H4,21,22,23). The number of nitrogens with one attached hydrogen (secondary N) is 3. The van der Waals surface area contributed by atoms with Gasteiger partial charge in [0.1, 0.15) is 18.1 Å². The van der Waals surface area contributed by atoms with Crippen molar-refractivity contribution in [1.29, 1.82) is 0 Å². The first-order chi connectivity index (χ1) is 15.3. The van der Waals surface area contributed by atoms with Gasteiger partial charge in [-0.3, -0.25) is 19.4 Å². The largest absolute Gasteiger partial charge is 0.480 e. The van der Waals surface area contributed by atoms with Gasteiger partial charge in [0.2, 0.25) is 17.7 Å². The fraction of sp³-hybridized carbons (Fsp3) is 0.737. The second-order valence-corrected chi connectivity index (χ2v) is 8.10. The molecule has 11 N–H and O–H groups in total. The van der Waals surface area contributed by atoms with E-state index in [0.29, 0.717) is 19.4 Å². The number of carbonyl (C=O) groups excluding carboxylic acids is 3. The molecule has 0 aliphatic rings. The number of rotatable bonds is 15. The number of aliphatic hydroxyl groups excluding tert-OH is 1. The molecule has 6 unspecified atom stereocenters. The van der Waals surface area contributed by atoms with Crippen LogP contribution in [0.1, 0.15) is 40.0 Å². The molecule has 0 aliphatic carbocycles. The molecule has 3 amide bonds. The third-order valence-corrected chi connectivity index (χ3v) is 5.32. The molecular formula is C19H37N7O6S. The number of amides is 3. The molecule has 33 heavy (non-hydrogen) atoms. The summed E-state index contributed by atoms with van der Waals surface area (Å²) in [6.45, 7) is 4.98. The van der Waals surface area contributed by atoms with Crippen LogP contribution in [0.4, 0.5) is 0 Å². The van der Waals surface area contributed by atoms with Crippen LogP contribution in [-0.4, -0.2) is 82.4 Å². The fourth-order valence-corrected chi connectivity index (χ4v) is 2.97. The number of nitrogens with two attached hydrogens (primary N) is 3. The van der Waals surface area contributed by atoms with Crippen molar-refractivity contribution in [3.8, 4) is 0 Å². The monoisotopic (exact) mass is 491 g/mol. The van der Waals surface area contributed by atoms with Crippen molar-refractivity contribution >= 4 is 42.3 Å². The average molecular weight is 492 g/mol. The molecule has 0 rings (SSSR count). The third kappa shape index (κ3) is 11.2. The minimum Gasteiger partial charge on any atom is -0.480 e. The van der Waals surface area contributed by atoms with Crippen molar-refractivity contribution in [1.82, 2.24) is 16.0 Å². The predicted molar refractivity (Wildman–Crippen MR) is 126 cm³/mol. The zero-order valence-electron chi connectivity index (χ0n) is 19.2. The molecule has 0 heterocycles. The molecule has 0 fully saturated rings. The smallest absolute Gasteiger partial charge is 0.326 e. The highest BCUT2D eigenvalue weighted by Crippen LogP contribution is 2.09. The van der Waals surface area contributed by atoms with Crippen LogP contribution < -0.4 is 33.2 Å². The third-order valence-electron chi connectivity index (χ3n) is 4.96. The van der Waals surface area contributed by atoms with E-state index in [1.807, 2.05) is 0 Å². The highest BCUT2D eigenvalue weighted by Gasteiger charge is 2.33. The van der Waals surface area contributed by atoms with Crippen molar-refractivity contribution in [3.05, 3.63) is 0 Å². The van der Waals surface area contributed by atoms with Crippen LogP contribution in [0.25, 0.3) is 0 Å². The van der Waals surface area contributed by atoms with E-state index < -0.39 is 54.0 Å². The van der Waals surface area contributed by atoms with Gasteiger partial charge < -0.3 is 43.4 Å². The van der Waals surface area contributed by atoms with Gasteiger partial charge >= 0.3 is 5.97 Å². The number of carboxylic acids is 1. The summed E-state index contributed by atoms with van der Waals surface area (Å²) in [6.07, 6.45) is -0.151. The first-order valence-electron chi connectivity index (χ1n) is 10.6. The van der Waals surface area contributed by atoms with Gasteiger partial charge in [-0.2, -0.15) is 12.6 Å². The number of carboxylic acid groups (broad SMARTS) is 1. The molecule has 190 valence electrons. The molecule has 6 atom stereocenters. The summed E-state index contributed by atoms with van der Waals surface area (Å²) in [5.41, 5.74) is 16.3. The highest BCUT2D eigenvalue weighted by atomic mass is 32.1. The summed E-state index contributed by atoms with van der Waals surface area (Å²) >= 11 is 4.05. The second-order valence-electron chi connectivity index (χ2n) is 7.74. The maximum Gasteiger partial charge on any atom is 0.326 e. The molecule has 0 aromatic carbocycles. The van der Waals surface area contributed by atoms with Crippen molar-refractivity contribution in [3.63, 3.8) is 0 Å². The van der Waals surface area contributed by atoms with Crippen molar-refractivity contribution in [2.24, 2.45) is 28.1 Å². The minimum atomic E-state index is -1.45. The van der Waals surface area contributed by atoms with Crippen LogP contribution in [0.2, 0.25) is 0 Å². The molecule has 13 nitrogen and oxygen atoms in total. The van der Waals surface area contributed by atoms with E-state index in [1.165, 1.54) is 6.92 Å². The van der Waals surface area contributed by atoms with Crippen molar-refractivity contribution < 1.29 is 29.4 Å². The summed E-state index contributed by atoms with van der Waals surface area (Å²) < 4.78 is 0. The summed E-state index contributed by atoms with van der Waals surface area (Å²) in [4.78, 5) is 52.8. The Bertz CT molecular complexity index is 702. The number of thiol groups is 1. The number of aliphatic hydroxyl groups is 1. The SMILES string of the molecule is CCC(C)C(NC(=O)C(NC(=O)C(CS)NC(=O)C(N)CCCN=C(N)N)C(C)O)C(=O)O. The minimum absolute atomic E-state index is 0.0737. The predicted octanol–water partition coefficient (Wildman–Crippen LogP) is -2.74. The number of carbonyl (C=O) groups is 4. The van der Waals surface area contributed by atoms with Gasteiger partial charge in [-0.05, 0) is 25.7 Å². The summed E-state index contributed by atoms with van der Waals surface area (Å²) in [7, 11) is 0. The lowest BCUT2D eigenvalue weighted by Crippen LogP contribution is -2.60. The summed E-state index contributed by atoms with van der Waals surface area (Å²) in [5, 5.41) is 26.5. The van der Waals surface area contributed by atoms with Gasteiger partial charge in [0.05, 0.1) is 12.1 Å². The highest BCUT2D eigenvalue weighted by molar-refractivity contribution is 7.80. The van der Waals surface area contributed by atoms with Crippen molar-refractivity contribution in [2.75, 3.05) is 12.3 Å². The quantitative estimate of drug-likeness (QED) is 0.0499. The molecule has 0 saturated heterocycles. The zero-order valence-corrected chi connectivity index (χ0v) is 20.0. The fourth-order valence-electron chi connectivity index (χ4n) is 2.71. The lowest BCUT2D eigenvalue weighted by Gasteiger charge is -2.27. The van der Waals surface area contributed by atoms with Crippen LogP contribution in [0.5, 0.6) is 0 Å². The van der Waals surface area contributed by atoms with Crippen LogP contribution in [0, 0.1) is 5.92 Å².